The van der Waals surface area contributed by atoms with Gasteiger partial charge in [-0.3, -0.25) is 9.59 Å². The highest BCUT2D eigenvalue weighted by atomic mass is 79.9. The normalized spacial score (nSPS) is 15.2. The number of benzene rings is 1. The van der Waals surface area contributed by atoms with Crippen LogP contribution >= 0.6 is 15.9 Å². The van der Waals surface area contributed by atoms with E-state index in [1.165, 1.54) is 16.8 Å². The lowest BCUT2D eigenvalue weighted by Crippen LogP contribution is -2.36. The van der Waals surface area contributed by atoms with E-state index >= 15 is 0 Å². The standard InChI is InChI=1S/C17H18BrN3O2/c1-2-11-21-15(22)8-7-14(20-21)16(23)19-17(9-10-17)12-3-5-13(18)6-4-12/h3-8H,2,9-11H2,1H3,(H,19,23). The summed E-state index contributed by atoms with van der Waals surface area (Å²) in [5.74, 6) is -0.240. The number of nitrogens with one attached hydrogen (secondary N) is 1. The molecule has 120 valence electrons. The van der Waals surface area contributed by atoms with Gasteiger partial charge < -0.3 is 5.32 Å². The number of rotatable bonds is 5. The van der Waals surface area contributed by atoms with Crippen LogP contribution < -0.4 is 10.9 Å². The summed E-state index contributed by atoms with van der Waals surface area (Å²) in [6, 6.07) is 10.9. The second-order valence-corrected chi connectivity index (χ2v) is 6.74. The molecule has 5 nitrogen and oxygen atoms in total. The number of nitrogens with zero attached hydrogens (tertiary/aromatic N) is 2. The van der Waals surface area contributed by atoms with Gasteiger partial charge >= 0.3 is 0 Å². The molecule has 3 rings (SSSR count). The molecule has 1 aliphatic carbocycles. The van der Waals surface area contributed by atoms with Crippen LogP contribution in [0, 0.1) is 0 Å². The van der Waals surface area contributed by atoms with Crippen LogP contribution in [0.1, 0.15) is 42.2 Å². The van der Waals surface area contributed by atoms with Gasteiger partial charge in [0.25, 0.3) is 11.5 Å². The Kier molecular flexibility index (Phi) is 4.35. The van der Waals surface area contributed by atoms with Crippen molar-refractivity contribution in [3.63, 3.8) is 0 Å². The summed E-state index contributed by atoms with van der Waals surface area (Å²) in [5, 5.41) is 7.24. The summed E-state index contributed by atoms with van der Waals surface area (Å²) in [4.78, 5) is 24.2. The molecule has 1 N–H and O–H groups in total. The minimum atomic E-state index is -0.300. The molecule has 0 radical (unpaired) electrons. The van der Waals surface area contributed by atoms with Crippen LogP contribution in [-0.2, 0) is 12.1 Å². The third-order valence-electron chi connectivity index (χ3n) is 4.03. The molecule has 1 aromatic carbocycles. The SMILES string of the molecule is CCCn1nc(C(=O)NC2(c3ccc(Br)cc3)CC2)ccc1=O. The van der Waals surface area contributed by atoms with Crippen LogP contribution in [0.4, 0.5) is 0 Å². The van der Waals surface area contributed by atoms with Gasteiger partial charge in [-0.15, -0.1) is 0 Å². The van der Waals surface area contributed by atoms with Crippen molar-refractivity contribution in [3.05, 3.63) is 62.5 Å². The molecule has 0 unspecified atom stereocenters. The van der Waals surface area contributed by atoms with Gasteiger partial charge in [-0.2, -0.15) is 5.10 Å². The number of aryl methyl sites for hydroxylation is 1. The number of carbonyl (C=O) groups is 1. The first kappa shape index (κ1) is 15.9. The van der Waals surface area contributed by atoms with Crippen molar-refractivity contribution in [3.8, 4) is 0 Å². The topological polar surface area (TPSA) is 64.0 Å². The summed E-state index contributed by atoms with van der Waals surface area (Å²) in [6.07, 6.45) is 2.62. The molecular weight excluding hydrogens is 358 g/mol. The lowest BCUT2D eigenvalue weighted by molar-refractivity contribution is 0.0923. The third kappa shape index (κ3) is 3.37. The molecule has 1 fully saturated rings. The Labute approximate surface area is 142 Å². The maximum atomic E-state index is 12.5. The fraction of sp³-hybridized carbons (Fsp3) is 0.353. The number of aromatic nitrogens is 2. The quantitative estimate of drug-likeness (QED) is 0.873. The van der Waals surface area contributed by atoms with Crippen LogP contribution in [0.3, 0.4) is 0 Å². The summed E-state index contributed by atoms with van der Waals surface area (Å²) in [7, 11) is 0. The molecule has 0 aliphatic heterocycles. The molecule has 1 aromatic heterocycles. The van der Waals surface area contributed by atoms with E-state index in [9.17, 15) is 9.59 Å². The second-order valence-electron chi connectivity index (χ2n) is 5.82. The molecule has 0 bridgehead atoms. The lowest BCUT2D eigenvalue weighted by atomic mass is 10.0. The number of carbonyl (C=O) groups excluding carboxylic acids is 1. The van der Waals surface area contributed by atoms with Crippen LogP contribution in [-0.4, -0.2) is 15.7 Å². The van der Waals surface area contributed by atoms with Gasteiger partial charge in [-0.25, -0.2) is 4.68 Å². The zero-order valence-electron chi connectivity index (χ0n) is 12.9. The van der Waals surface area contributed by atoms with Gasteiger partial charge in [0.15, 0.2) is 0 Å². The van der Waals surface area contributed by atoms with Crippen molar-refractivity contribution in [2.75, 3.05) is 0 Å². The summed E-state index contributed by atoms with van der Waals surface area (Å²) >= 11 is 3.42. The first-order chi connectivity index (χ1) is 11.0. The van der Waals surface area contributed by atoms with E-state index in [-0.39, 0.29) is 22.7 Å². The van der Waals surface area contributed by atoms with E-state index < -0.39 is 0 Å². The van der Waals surface area contributed by atoms with Crippen LogP contribution in [0.15, 0.2) is 45.7 Å². The molecule has 0 atom stereocenters. The minimum Gasteiger partial charge on any atom is -0.341 e. The Balaban J connectivity index is 1.80. The average Bonchev–Trinajstić information content (AvgIpc) is 3.31. The number of halogens is 1. The minimum absolute atomic E-state index is 0.183. The highest BCUT2D eigenvalue weighted by Crippen LogP contribution is 2.45. The van der Waals surface area contributed by atoms with Crippen LogP contribution in [0.5, 0.6) is 0 Å². The lowest BCUT2D eigenvalue weighted by Gasteiger charge is -2.18. The summed E-state index contributed by atoms with van der Waals surface area (Å²) in [6.45, 7) is 2.48. The number of hydrogen-bond donors (Lipinski definition) is 1. The van der Waals surface area contributed by atoms with Gasteiger partial charge in [0.05, 0.1) is 5.54 Å². The van der Waals surface area contributed by atoms with E-state index in [0.29, 0.717) is 6.54 Å². The van der Waals surface area contributed by atoms with Crippen LogP contribution in [0.2, 0.25) is 0 Å². The second kappa shape index (κ2) is 6.28. The monoisotopic (exact) mass is 375 g/mol. The molecule has 6 heteroatoms. The first-order valence-electron chi connectivity index (χ1n) is 7.71. The number of amides is 1. The maximum absolute atomic E-state index is 12.5. The molecule has 1 saturated carbocycles. The zero-order valence-corrected chi connectivity index (χ0v) is 14.5. The van der Waals surface area contributed by atoms with Crippen molar-refractivity contribution in [1.82, 2.24) is 15.1 Å². The van der Waals surface area contributed by atoms with Crippen molar-refractivity contribution >= 4 is 21.8 Å². The highest BCUT2D eigenvalue weighted by molar-refractivity contribution is 9.10. The molecule has 0 saturated heterocycles. The predicted octanol–water partition coefficient (Wildman–Crippen LogP) is 2.83. The van der Waals surface area contributed by atoms with E-state index in [4.69, 9.17) is 0 Å². The van der Waals surface area contributed by atoms with Crippen molar-refractivity contribution in [1.29, 1.82) is 0 Å². The average molecular weight is 376 g/mol. The van der Waals surface area contributed by atoms with E-state index in [2.05, 4.69) is 26.3 Å². The molecule has 23 heavy (non-hydrogen) atoms. The van der Waals surface area contributed by atoms with Gasteiger partial charge in [-0.1, -0.05) is 35.0 Å². The van der Waals surface area contributed by atoms with Gasteiger partial charge in [-0.05, 0) is 43.0 Å². The van der Waals surface area contributed by atoms with Crippen molar-refractivity contribution in [2.24, 2.45) is 0 Å². The van der Waals surface area contributed by atoms with Crippen molar-refractivity contribution in [2.45, 2.75) is 38.3 Å². The van der Waals surface area contributed by atoms with Gasteiger partial charge in [0, 0.05) is 17.1 Å². The Morgan fingerprint density at radius 3 is 2.57 bits per heavy atom. The largest absolute Gasteiger partial charge is 0.341 e. The fourth-order valence-electron chi connectivity index (χ4n) is 2.60. The third-order valence-corrected chi connectivity index (χ3v) is 4.56. The highest BCUT2D eigenvalue weighted by Gasteiger charge is 2.45. The Hall–Kier alpha value is -1.95. The molecule has 2 aromatic rings. The van der Waals surface area contributed by atoms with E-state index in [1.807, 2.05) is 31.2 Å². The predicted molar refractivity (Wildman–Crippen MR) is 91.3 cm³/mol. The van der Waals surface area contributed by atoms with Gasteiger partial charge in [0.1, 0.15) is 5.69 Å². The van der Waals surface area contributed by atoms with Crippen LogP contribution in [0.25, 0.3) is 0 Å². The molecule has 0 spiro atoms. The molecule has 1 amide bonds. The molecule has 1 heterocycles. The number of hydrogen-bond acceptors (Lipinski definition) is 3. The molecule has 1 aliphatic rings. The summed E-state index contributed by atoms with van der Waals surface area (Å²) in [5.41, 5.74) is 0.889. The fourth-order valence-corrected chi connectivity index (χ4v) is 2.87. The zero-order chi connectivity index (χ0) is 16.4. The molecular formula is C17H18BrN3O2. The van der Waals surface area contributed by atoms with Crippen molar-refractivity contribution < 1.29 is 4.79 Å². The van der Waals surface area contributed by atoms with E-state index in [1.54, 1.807) is 0 Å². The van der Waals surface area contributed by atoms with Gasteiger partial charge in [0.2, 0.25) is 0 Å². The maximum Gasteiger partial charge on any atom is 0.272 e. The summed E-state index contributed by atoms with van der Waals surface area (Å²) < 4.78 is 2.35. The first-order valence-corrected chi connectivity index (χ1v) is 8.50. The Bertz CT molecular complexity index is 779. The van der Waals surface area contributed by atoms with E-state index in [0.717, 1.165) is 29.3 Å². The Morgan fingerprint density at radius 2 is 1.96 bits per heavy atom. The smallest absolute Gasteiger partial charge is 0.272 e. The Morgan fingerprint density at radius 1 is 1.26 bits per heavy atom.